The molecule has 1 heterocycles. The molecule has 0 amide bonds. The van der Waals surface area contributed by atoms with Crippen LogP contribution < -0.4 is 15.4 Å². The van der Waals surface area contributed by atoms with Crippen LogP contribution in [0.3, 0.4) is 0 Å². The van der Waals surface area contributed by atoms with Gasteiger partial charge < -0.3 is 15.4 Å². The second kappa shape index (κ2) is 6.69. The van der Waals surface area contributed by atoms with E-state index in [0.29, 0.717) is 0 Å². The lowest BCUT2D eigenvalue weighted by Crippen LogP contribution is -2.24. The number of hydrogen-bond acceptors (Lipinski definition) is 3. The van der Waals surface area contributed by atoms with E-state index in [1.807, 2.05) is 6.07 Å². The van der Waals surface area contributed by atoms with Crippen LogP contribution in [0, 0.1) is 5.92 Å². The van der Waals surface area contributed by atoms with Gasteiger partial charge in [0.1, 0.15) is 5.75 Å². The van der Waals surface area contributed by atoms with Crippen molar-refractivity contribution in [2.45, 2.75) is 39.0 Å². The number of anilines is 2. The maximum absolute atomic E-state index is 5.95. The van der Waals surface area contributed by atoms with Crippen molar-refractivity contribution in [2.75, 3.05) is 30.8 Å². The molecule has 0 aliphatic carbocycles. The van der Waals surface area contributed by atoms with Crippen LogP contribution in [0.5, 0.6) is 5.75 Å². The first-order valence-electron chi connectivity index (χ1n) is 7.42. The third-order valence-corrected chi connectivity index (χ3v) is 4.06. The van der Waals surface area contributed by atoms with Gasteiger partial charge in [0.05, 0.1) is 7.11 Å². The molecule has 0 spiro atoms. The molecule has 2 N–H and O–H groups in total. The Morgan fingerprint density at radius 1 is 1.26 bits per heavy atom. The largest absolute Gasteiger partial charge is 0.497 e. The second-order valence-electron chi connectivity index (χ2n) is 5.54. The quantitative estimate of drug-likeness (QED) is 0.841. The van der Waals surface area contributed by atoms with E-state index in [9.17, 15) is 0 Å². The van der Waals surface area contributed by atoms with Crippen molar-refractivity contribution in [3.63, 3.8) is 0 Å². The summed E-state index contributed by atoms with van der Waals surface area (Å²) in [6, 6.07) is 6.03. The lowest BCUT2D eigenvalue weighted by Gasteiger charge is -2.24. The van der Waals surface area contributed by atoms with Gasteiger partial charge in [0.2, 0.25) is 0 Å². The fourth-order valence-corrected chi connectivity index (χ4v) is 3.03. The summed E-state index contributed by atoms with van der Waals surface area (Å²) < 4.78 is 5.31. The molecule has 106 valence electrons. The van der Waals surface area contributed by atoms with E-state index in [0.717, 1.165) is 30.4 Å². The first-order chi connectivity index (χ1) is 9.22. The van der Waals surface area contributed by atoms with Gasteiger partial charge in [-0.05, 0) is 31.2 Å². The Labute approximate surface area is 116 Å². The predicted octanol–water partition coefficient (Wildman–Crippen LogP) is 3.68. The van der Waals surface area contributed by atoms with Gasteiger partial charge >= 0.3 is 0 Å². The molecule has 1 unspecified atom stereocenters. The molecule has 0 aromatic heterocycles. The zero-order valence-electron chi connectivity index (χ0n) is 12.2. The van der Waals surface area contributed by atoms with E-state index in [-0.39, 0.29) is 0 Å². The zero-order chi connectivity index (χ0) is 13.7. The highest BCUT2D eigenvalue weighted by Gasteiger charge is 2.17. The SMILES string of the molecule is CCCC1CCCN(c2cc(N)cc(OC)c2)CC1. The first kappa shape index (κ1) is 14.0. The Bertz CT molecular complexity index is 406. The highest BCUT2D eigenvalue weighted by atomic mass is 16.5. The molecule has 1 saturated heterocycles. The van der Waals surface area contributed by atoms with Crippen molar-refractivity contribution >= 4 is 11.4 Å². The molecule has 1 aliphatic rings. The Balaban J connectivity index is 2.07. The van der Waals surface area contributed by atoms with Gasteiger partial charge in [0.25, 0.3) is 0 Å². The average Bonchev–Trinajstić information content (AvgIpc) is 2.64. The number of benzene rings is 1. The number of nitrogens with two attached hydrogens (primary N) is 1. The minimum Gasteiger partial charge on any atom is -0.497 e. The molecular formula is C16H26N2O. The third-order valence-electron chi connectivity index (χ3n) is 4.06. The molecule has 0 radical (unpaired) electrons. The first-order valence-corrected chi connectivity index (χ1v) is 7.42. The van der Waals surface area contributed by atoms with Gasteiger partial charge in [-0.1, -0.05) is 19.8 Å². The molecule has 1 atom stereocenters. The Kier molecular flexibility index (Phi) is 4.94. The summed E-state index contributed by atoms with van der Waals surface area (Å²) >= 11 is 0. The number of rotatable bonds is 4. The van der Waals surface area contributed by atoms with E-state index < -0.39 is 0 Å². The van der Waals surface area contributed by atoms with Gasteiger partial charge in [-0.15, -0.1) is 0 Å². The van der Waals surface area contributed by atoms with Crippen molar-refractivity contribution in [1.82, 2.24) is 0 Å². The Morgan fingerprint density at radius 2 is 2.11 bits per heavy atom. The molecule has 1 aliphatic heterocycles. The smallest absolute Gasteiger partial charge is 0.122 e. The molecule has 2 rings (SSSR count). The van der Waals surface area contributed by atoms with Gasteiger partial charge in [-0.25, -0.2) is 0 Å². The van der Waals surface area contributed by atoms with Crippen LogP contribution in [-0.4, -0.2) is 20.2 Å². The zero-order valence-corrected chi connectivity index (χ0v) is 12.2. The van der Waals surface area contributed by atoms with Crippen molar-refractivity contribution in [3.8, 4) is 5.75 Å². The number of ether oxygens (including phenoxy) is 1. The summed E-state index contributed by atoms with van der Waals surface area (Å²) in [7, 11) is 1.69. The summed E-state index contributed by atoms with van der Waals surface area (Å²) in [5.74, 6) is 1.75. The molecule has 1 fully saturated rings. The number of hydrogen-bond donors (Lipinski definition) is 1. The highest BCUT2D eigenvalue weighted by Crippen LogP contribution is 2.29. The lowest BCUT2D eigenvalue weighted by molar-refractivity contribution is 0.415. The summed E-state index contributed by atoms with van der Waals surface area (Å²) in [5.41, 5.74) is 7.93. The molecule has 19 heavy (non-hydrogen) atoms. The van der Waals surface area contributed by atoms with E-state index in [4.69, 9.17) is 10.5 Å². The van der Waals surface area contributed by atoms with Crippen molar-refractivity contribution in [1.29, 1.82) is 0 Å². The van der Waals surface area contributed by atoms with Crippen molar-refractivity contribution < 1.29 is 4.74 Å². The lowest BCUT2D eigenvalue weighted by atomic mass is 9.96. The predicted molar refractivity (Wildman–Crippen MR) is 81.9 cm³/mol. The van der Waals surface area contributed by atoms with Crippen LogP contribution in [0.1, 0.15) is 39.0 Å². The van der Waals surface area contributed by atoms with Crippen LogP contribution in [0.4, 0.5) is 11.4 Å². The molecule has 0 bridgehead atoms. The van der Waals surface area contributed by atoms with Gasteiger partial charge in [-0.3, -0.25) is 0 Å². The van der Waals surface area contributed by atoms with Crippen LogP contribution in [0.15, 0.2) is 18.2 Å². The van der Waals surface area contributed by atoms with E-state index >= 15 is 0 Å². The number of nitrogens with zero attached hydrogens (tertiary/aromatic N) is 1. The average molecular weight is 262 g/mol. The van der Waals surface area contributed by atoms with Crippen LogP contribution >= 0.6 is 0 Å². The Hall–Kier alpha value is -1.38. The van der Waals surface area contributed by atoms with E-state index in [1.54, 1.807) is 7.11 Å². The standard InChI is InChI=1S/C16H26N2O/c1-3-5-13-6-4-8-18(9-7-13)15-10-14(17)11-16(12-15)19-2/h10-13H,3-9,17H2,1-2H3. The minimum atomic E-state index is 0.781. The monoisotopic (exact) mass is 262 g/mol. The maximum Gasteiger partial charge on any atom is 0.122 e. The third kappa shape index (κ3) is 3.79. The topological polar surface area (TPSA) is 38.5 Å². The summed E-state index contributed by atoms with van der Waals surface area (Å²) in [6.07, 6.45) is 6.61. The van der Waals surface area contributed by atoms with Gasteiger partial charge in [0, 0.05) is 36.6 Å². The van der Waals surface area contributed by atoms with Crippen molar-refractivity contribution in [2.24, 2.45) is 5.92 Å². The fraction of sp³-hybridized carbons (Fsp3) is 0.625. The van der Waals surface area contributed by atoms with E-state index in [2.05, 4.69) is 24.0 Å². The highest BCUT2D eigenvalue weighted by molar-refractivity contribution is 5.60. The van der Waals surface area contributed by atoms with Crippen LogP contribution in [-0.2, 0) is 0 Å². The fourth-order valence-electron chi connectivity index (χ4n) is 3.03. The van der Waals surface area contributed by atoms with Crippen LogP contribution in [0.25, 0.3) is 0 Å². The van der Waals surface area contributed by atoms with Crippen LogP contribution in [0.2, 0.25) is 0 Å². The number of nitrogen functional groups attached to an aromatic ring is 1. The minimum absolute atomic E-state index is 0.781. The molecule has 0 saturated carbocycles. The summed E-state index contributed by atoms with van der Waals surface area (Å²) in [6.45, 7) is 4.55. The molecule has 3 nitrogen and oxygen atoms in total. The van der Waals surface area contributed by atoms with Gasteiger partial charge in [0.15, 0.2) is 0 Å². The molecule has 1 aromatic rings. The molecular weight excluding hydrogens is 236 g/mol. The molecule has 3 heteroatoms. The second-order valence-corrected chi connectivity index (χ2v) is 5.54. The van der Waals surface area contributed by atoms with E-state index in [1.165, 1.54) is 37.8 Å². The normalized spacial score (nSPS) is 20.1. The van der Waals surface area contributed by atoms with Gasteiger partial charge in [-0.2, -0.15) is 0 Å². The van der Waals surface area contributed by atoms with Crippen molar-refractivity contribution in [3.05, 3.63) is 18.2 Å². The maximum atomic E-state index is 5.95. The Morgan fingerprint density at radius 3 is 2.84 bits per heavy atom. The number of methoxy groups -OCH3 is 1. The molecule has 1 aromatic carbocycles. The summed E-state index contributed by atoms with van der Waals surface area (Å²) in [4.78, 5) is 2.45. The summed E-state index contributed by atoms with van der Waals surface area (Å²) in [5, 5.41) is 0.